The van der Waals surface area contributed by atoms with Gasteiger partial charge in [-0.3, -0.25) is 4.57 Å². The van der Waals surface area contributed by atoms with Crippen LogP contribution in [0.4, 0.5) is 0 Å². The third-order valence-electron chi connectivity index (χ3n) is 11.4. The molecule has 0 saturated heterocycles. The highest BCUT2D eigenvalue weighted by Crippen LogP contribution is 2.44. The summed E-state index contributed by atoms with van der Waals surface area (Å²) in [5.41, 5.74) is 9.89. The van der Waals surface area contributed by atoms with Crippen molar-refractivity contribution >= 4 is 65.3 Å². The number of benzene rings is 9. The molecule has 0 unspecified atom stereocenters. The summed E-state index contributed by atoms with van der Waals surface area (Å²) >= 11 is 0. The van der Waals surface area contributed by atoms with Crippen molar-refractivity contribution in [3.63, 3.8) is 0 Å². The van der Waals surface area contributed by atoms with Crippen molar-refractivity contribution in [3.8, 4) is 51.0 Å². The van der Waals surface area contributed by atoms with E-state index < -0.39 is 0 Å². The maximum atomic E-state index is 6.82. The number of fused-ring (bicyclic) bond motifs is 9. The SMILES string of the molecule is c1ccc(-c2ccc(-c3nc(-c4ccccc4)nc(-n4c5cc6ccccc6cc5c5cccc(-c6cccc7c6oc6ccc8ccccc8c67)c54)n3)cc2)cc1. The smallest absolute Gasteiger partial charge is 0.238 e. The fourth-order valence-electron chi connectivity index (χ4n) is 8.71. The van der Waals surface area contributed by atoms with Crippen LogP contribution in [0.2, 0.25) is 0 Å². The van der Waals surface area contributed by atoms with E-state index in [1.54, 1.807) is 0 Å². The molecule has 3 aromatic heterocycles. The third-order valence-corrected chi connectivity index (χ3v) is 11.4. The predicted molar refractivity (Wildman–Crippen MR) is 238 cm³/mol. The molecule has 3 heterocycles. The van der Waals surface area contributed by atoms with Crippen LogP contribution in [0, 0.1) is 0 Å². The van der Waals surface area contributed by atoms with E-state index in [0.29, 0.717) is 17.6 Å². The van der Waals surface area contributed by atoms with Gasteiger partial charge in [-0.25, -0.2) is 4.98 Å². The van der Waals surface area contributed by atoms with E-state index in [0.717, 1.165) is 82.5 Å². The van der Waals surface area contributed by atoms with Crippen LogP contribution in [0.3, 0.4) is 0 Å². The van der Waals surface area contributed by atoms with Crippen molar-refractivity contribution in [1.82, 2.24) is 19.5 Å². The highest BCUT2D eigenvalue weighted by atomic mass is 16.3. The van der Waals surface area contributed by atoms with E-state index in [-0.39, 0.29) is 0 Å². The van der Waals surface area contributed by atoms with E-state index in [2.05, 4.69) is 174 Å². The zero-order valence-corrected chi connectivity index (χ0v) is 31.2. The van der Waals surface area contributed by atoms with E-state index in [1.165, 1.54) is 16.2 Å². The maximum absolute atomic E-state index is 6.82. The number of hydrogen-bond donors (Lipinski definition) is 0. The highest BCUT2D eigenvalue weighted by molar-refractivity contribution is 6.23. The molecule has 9 aromatic carbocycles. The molecule has 0 saturated carbocycles. The number of para-hydroxylation sites is 2. The second-order valence-corrected chi connectivity index (χ2v) is 14.8. The standard InChI is InChI=1S/C53H32N4O/c1-3-13-33(14-4-1)34-25-27-37(28-26-34)52-54-51(36-16-5-2-6-17-36)55-53(56-52)57-46-32-39-19-8-7-18-38(39)31-45(46)42-22-11-21-41(49(42)57)43-23-12-24-44-48-40-20-10-9-15-35(40)29-30-47(48)58-50(43)44/h1-32H. The van der Waals surface area contributed by atoms with Crippen LogP contribution in [0.25, 0.3) is 116 Å². The molecule has 0 N–H and O–H groups in total. The first-order valence-electron chi connectivity index (χ1n) is 19.5. The Morgan fingerprint density at radius 3 is 1.71 bits per heavy atom. The van der Waals surface area contributed by atoms with Crippen molar-refractivity contribution in [2.75, 3.05) is 0 Å². The minimum atomic E-state index is 0.543. The summed E-state index contributed by atoms with van der Waals surface area (Å²) in [6, 6.07) is 67.9. The van der Waals surface area contributed by atoms with Crippen molar-refractivity contribution < 1.29 is 4.42 Å². The number of hydrogen-bond acceptors (Lipinski definition) is 4. The third kappa shape index (κ3) is 5.07. The number of rotatable bonds is 5. The molecule has 58 heavy (non-hydrogen) atoms. The normalized spacial score (nSPS) is 11.8. The molecule has 5 heteroatoms. The van der Waals surface area contributed by atoms with Gasteiger partial charge in [-0.1, -0.05) is 176 Å². The molecule has 0 amide bonds. The molecule has 0 aliphatic heterocycles. The predicted octanol–water partition coefficient (Wildman–Crippen LogP) is 13.8. The molecule has 12 aromatic rings. The molecule has 0 aliphatic carbocycles. The molecule has 0 fully saturated rings. The van der Waals surface area contributed by atoms with Crippen LogP contribution in [-0.4, -0.2) is 19.5 Å². The van der Waals surface area contributed by atoms with E-state index in [1.807, 2.05) is 24.3 Å². The zero-order valence-electron chi connectivity index (χ0n) is 31.2. The Labute approximate surface area is 333 Å². The van der Waals surface area contributed by atoms with Gasteiger partial charge in [0.1, 0.15) is 11.2 Å². The van der Waals surface area contributed by atoms with Crippen molar-refractivity contribution in [1.29, 1.82) is 0 Å². The molecular weight excluding hydrogens is 709 g/mol. The molecular formula is C53H32N4O. The second kappa shape index (κ2) is 12.8. The van der Waals surface area contributed by atoms with Gasteiger partial charge in [0.15, 0.2) is 11.6 Å². The minimum Gasteiger partial charge on any atom is -0.455 e. The Morgan fingerprint density at radius 1 is 0.379 bits per heavy atom. The first-order valence-corrected chi connectivity index (χ1v) is 19.5. The topological polar surface area (TPSA) is 56.7 Å². The van der Waals surface area contributed by atoms with Gasteiger partial charge in [0.2, 0.25) is 5.95 Å². The van der Waals surface area contributed by atoms with Gasteiger partial charge < -0.3 is 4.42 Å². The lowest BCUT2D eigenvalue weighted by molar-refractivity contribution is 0.670. The zero-order chi connectivity index (χ0) is 38.2. The first kappa shape index (κ1) is 32.4. The lowest BCUT2D eigenvalue weighted by atomic mass is 9.98. The van der Waals surface area contributed by atoms with Crippen LogP contribution in [0.5, 0.6) is 0 Å². The van der Waals surface area contributed by atoms with Crippen LogP contribution >= 0.6 is 0 Å². The quantitative estimate of drug-likeness (QED) is 0.176. The Balaban J connectivity index is 1.16. The van der Waals surface area contributed by atoms with Gasteiger partial charge in [0.25, 0.3) is 0 Å². The minimum absolute atomic E-state index is 0.543. The highest BCUT2D eigenvalue weighted by Gasteiger charge is 2.23. The van der Waals surface area contributed by atoms with Crippen LogP contribution in [0.15, 0.2) is 199 Å². The Bertz CT molecular complexity index is 3550. The van der Waals surface area contributed by atoms with Gasteiger partial charge in [-0.15, -0.1) is 0 Å². The number of aromatic nitrogens is 4. The largest absolute Gasteiger partial charge is 0.455 e. The van der Waals surface area contributed by atoms with Crippen LogP contribution in [-0.2, 0) is 0 Å². The van der Waals surface area contributed by atoms with E-state index in [9.17, 15) is 0 Å². The Morgan fingerprint density at radius 2 is 0.948 bits per heavy atom. The summed E-state index contributed by atoms with van der Waals surface area (Å²) in [4.78, 5) is 15.8. The average molecular weight is 741 g/mol. The van der Waals surface area contributed by atoms with Crippen molar-refractivity contribution in [2.24, 2.45) is 0 Å². The van der Waals surface area contributed by atoms with E-state index in [4.69, 9.17) is 19.4 Å². The summed E-state index contributed by atoms with van der Waals surface area (Å²) in [6.07, 6.45) is 0. The summed E-state index contributed by atoms with van der Waals surface area (Å²) in [5.74, 6) is 1.75. The van der Waals surface area contributed by atoms with Crippen molar-refractivity contribution in [2.45, 2.75) is 0 Å². The van der Waals surface area contributed by atoms with E-state index >= 15 is 0 Å². The molecule has 0 atom stereocenters. The molecule has 0 spiro atoms. The lowest BCUT2D eigenvalue weighted by Gasteiger charge is -2.13. The first-order chi connectivity index (χ1) is 28.7. The number of nitrogens with zero attached hydrogens (tertiary/aromatic N) is 4. The molecule has 5 nitrogen and oxygen atoms in total. The van der Waals surface area contributed by atoms with Crippen LogP contribution < -0.4 is 0 Å². The van der Waals surface area contributed by atoms with Gasteiger partial charge in [0, 0.05) is 43.8 Å². The van der Waals surface area contributed by atoms with Gasteiger partial charge in [-0.05, 0) is 50.9 Å². The lowest BCUT2D eigenvalue weighted by Crippen LogP contribution is -2.07. The number of furan rings is 1. The van der Waals surface area contributed by atoms with Gasteiger partial charge in [-0.2, -0.15) is 9.97 Å². The summed E-state index contributed by atoms with van der Waals surface area (Å²) in [7, 11) is 0. The van der Waals surface area contributed by atoms with Gasteiger partial charge in [0.05, 0.1) is 11.0 Å². The Kier molecular flexibility index (Phi) is 7.16. The molecule has 0 radical (unpaired) electrons. The fraction of sp³-hybridized carbons (Fsp3) is 0. The van der Waals surface area contributed by atoms with Crippen molar-refractivity contribution in [3.05, 3.63) is 194 Å². The molecule has 270 valence electrons. The van der Waals surface area contributed by atoms with Crippen LogP contribution in [0.1, 0.15) is 0 Å². The fourth-order valence-corrected chi connectivity index (χ4v) is 8.71. The maximum Gasteiger partial charge on any atom is 0.238 e. The summed E-state index contributed by atoms with van der Waals surface area (Å²) < 4.78 is 9.06. The Hall–Kier alpha value is -7.89. The molecule has 12 rings (SSSR count). The second-order valence-electron chi connectivity index (χ2n) is 14.8. The monoisotopic (exact) mass is 740 g/mol. The van der Waals surface area contributed by atoms with Gasteiger partial charge >= 0.3 is 0 Å². The average Bonchev–Trinajstić information content (AvgIpc) is 3.85. The molecule has 0 bridgehead atoms. The summed E-state index contributed by atoms with van der Waals surface area (Å²) in [6.45, 7) is 0. The molecule has 0 aliphatic rings. The summed E-state index contributed by atoms with van der Waals surface area (Å²) in [5, 5.41) is 9.11.